The van der Waals surface area contributed by atoms with E-state index in [1.807, 2.05) is 12.1 Å². The first kappa shape index (κ1) is 23.9. The molecular weight excluding hydrogens is 503 g/mol. The molecule has 2 aromatic carbocycles. The Morgan fingerprint density at radius 1 is 1.13 bits per heavy atom. The quantitative estimate of drug-likeness (QED) is 0.485. The van der Waals surface area contributed by atoms with E-state index in [2.05, 4.69) is 21.2 Å². The number of ether oxygens (including phenoxy) is 1. The molecule has 1 aliphatic carbocycles. The fourth-order valence-electron chi connectivity index (χ4n) is 3.59. The first-order valence-electron chi connectivity index (χ1n) is 10.3. The highest BCUT2D eigenvalue weighted by atomic mass is 79.9. The third-order valence-corrected chi connectivity index (χ3v) is 6.67. The number of amides is 2. The maximum absolute atomic E-state index is 13.1. The van der Waals surface area contributed by atoms with Gasteiger partial charge in [0.25, 0.3) is 5.91 Å². The Bertz CT molecular complexity index is 897. The zero-order chi connectivity index (χ0) is 22.4. The molecule has 31 heavy (non-hydrogen) atoms. The molecule has 1 saturated carbocycles. The smallest absolute Gasteiger partial charge is 0.261 e. The van der Waals surface area contributed by atoms with Crippen LogP contribution in [0, 0.1) is 0 Å². The summed E-state index contributed by atoms with van der Waals surface area (Å²) in [6.45, 7) is 1.62. The van der Waals surface area contributed by atoms with Crippen molar-refractivity contribution in [3.8, 4) is 5.75 Å². The summed E-state index contributed by atoms with van der Waals surface area (Å²) in [6, 6.07) is 11.8. The molecule has 1 aliphatic rings. The van der Waals surface area contributed by atoms with Crippen LogP contribution in [0.15, 0.2) is 46.9 Å². The van der Waals surface area contributed by atoms with Crippen molar-refractivity contribution in [1.82, 2.24) is 10.2 Å². The highest BCUT2D eigenvalue weighted by Crippen LogP contribution is 2.27. The number of nitrogens with one attached hydrogen (secondary N) is 1. The number of hydrogen-bond donors (Lipinski definition) is 1. The van der Waals surface area contributed by atoms with Crippen molar-refractivity contribution in [3.63, 3.8) is 0 Å². The van der Waals surface area contributed by atoms with E-state index in [0.717, 1.165) is 30.2 Å². The minimum absolute atomic E-state index is 0.111. The van der Waals surface area contributed by atoms with E-state index < -0.39 is 6.04 Å². The summed E-state index contributed by atoms with van der Waals surface area (Å²) in [7, 11) is 0. The Kier molecular flexibility index (Phi) is 8.64. The fraction of sp³-hybridized carbons (Fsp3) is 0.391. The van der Waals surface area contributed by atoms with Gasteiger partial charge in [-0.3, -0.25) is 9.59 Å². The van der Waals surface area contributed by atoms with Crippen molar-refractivity contribution < 1.29 is 14.3 Å². The molecule has 0 saturated heterocycles. The average Bonchev–Trinajstić information content (AvgIpc) is 3.25. The van der Waals surface area contributed by atoms with Crippen molar-refractivity contribution in [2.45, 2.75) is 51.2 Å². The first-order valence-corrected chi connectivity index (χ1v) is 11.8. The van der Waals surface area contributed by atoms with Crippen LogP contribution in [0.4, 0.5) is 0 Å². The average molecular weight is 528 g/mol. The molecule has 1 atom stereocenters. The lowest BCUT2D eigenvalue weighted by molar-refractivity contribution is -0.142. The van der Waals surface area contributed by atoms with Crippen LogP contribution in [0.2, 0.25) is 10.0 Å². The molecule has 166 valence electrons. The highest BCUT2D eigenvalue weighted by molar-refractivity contribution is 9.10. The first-order chi connectivity index (χ1) is 14.8. The molecule has 1 N–H and O–H groups in total. The van der Waals surface area contributed by atoms with Gasteiger partial charge in [-0.15, -0.1) is 0 Å². The molecule has 0 aliphatic heterocycles. The lowest BCUT2D eigenvalue weighted by Crippen LogP contribution is -2.50. The summed E-state index contributed by atoms with van der Waals surface area (Å²) in [5.41, 5.74) is 0.600. The van der Waals surface area contributed by atoms with Crippen molar-refractivity contribution in [1.29, 1.82) is 0 Å². The second-order valence-corrected chi connectivity index (χ2v) is 9.36. The molecule has 8 heteroatoms. The number of rotatable bonds is 8. The third kappa shape index (κ3) is 6.61. The Morgan fingerprint density at radius 2 is 1.74 bits per heavy atom. The van der Waals surface area contributed by atoms with E-state index in [1.54, 1.807) is 37.3 Å². The Balaban J connectivity index is 1.75. The van der Waals surface area contributed by atoms with Crippen molar-refractivity contribution >= 4 is 50.9 Å². The molecule has 5 nitrogen and oxygen atoms in total. The van der Waals surface area contributed by atoms with E-state index in [1.165, 1.54) is 4.90 Å². The summed E-state index contributed by atoms with van der Waals surface area (Å²) in [5, 5.41) is 3.96. The Labute approximate surface area is 201 Å². The molecule has 0 spiro atoms. The van der Waals surface area contributed by atoms with E-state index in [0.29, 0.717) is 21.4 Å². The summed E-state index contributed by atoms with van der Waals surface area (Å²) >= 11 is 16.0. The van der Waals surface area contributed by atoms with Crippen molar-refractivity contribution in [3.05, 3.63) is 62.5 Å². The zero-order valence-electron chi connectivity index (χ0n) is 17.2. The van der Waals surface area contributed by atoms with Gasteiger partial charge in [0, 0.05) is 32.7 Å². The number of nitrogens with zero attached hydrogens (tertiary/aromatic N) is 1. The van der Waals surface area contributed by atoms with Crippen LogP contribution in [0.5, 0.6) is 5.75 Å². The van der Waals surface area contributed by atoms with E-state index in [4.69, 9.17) is 27.9 Å². The van der Waals surface area contributed by atoms with E-state index in [9.17, 15) is 9.59 Å². The predicted octanol–water partition coefficient (Wildman–Crippen LogP) is 5.61. The lowest BCUT2D eigenvalue weighted by Gasteiger charge is -2.30. The molecule has 2 amide bonds. The van der Waals surface area contributed by atoms with Gasteiger partial charge in [0.05, 0.1) is 0 Å². The van der Waals surface area contributed by atoms with Crippen LogP contribution in [0.25, 0.3) is 0 Å². The molecule has 3 rings (SSSR count). The standard InChI is InChI=1S/C23H25BrCl2N2O3/c1-15(23(30)27-17-5-2-3-6-17)28(13-19-20(25)7-4-8-21(19)26)22(29)14-31-18-11-9-16(24)10-12-18/h4,7-12,15,17H,2-3,5-6,13-14H2,1H3,(H,27,30). The highest BCUT2D eigenvalue weighted by Gasteiger charge is 2.29. The molecule has 0 aromatic heterocycles. The Hall–Kier alpha value is -1.76. The van der Waals surface area contributed by atoms with Gasteiger partial charge in [-0.2, -0.15) is 0 Å². The molecule has 0 radical (unpaired) electrons. The monoisotopic (exact) mass is 526 g/mol. The number of hydrogen-bond acceptors (Lipinski definition) is 3. The van der Waals surface area contributed by atoms with Crippen LogP contribution in [-0.4, -0.2) is 35.4 Å². The number of carbonyl (C=O) groups excluding carboxylic acids is 2. The second kappa shape index (κ2) is 11.2. The van der Waals surface area contributed by atoms with E-state index in [-0.39, 0.29) is 31.0 Å². The molecular formula is C23H25BrCl2N2O3. The molecule has 0 bridgehead atoms. The number of benzene rings is 2. The van der Waals surface area contributed by atoms with Gasteiger partial charge in [0.2, 0.25) is 5.91 Å². The third-order valence-electron chi connectivity index (χ3n) is 5.43. The van der Waals surface area contributed by atoms with Gasteiger partial charge in [0.1, 0.15) is 11.8 Å². The SMILES string of the molecule is CC(C(=O)NC1CCCC1)N(Cc1c(Cl)cccc1Cl)C(=O)COc1ccc(Br)cc1. The molecule has 1 fully saturated rings. The second-order valence-electron chi connectivity index (χ2n) is 7.63. The maximum atomic E-state index is 13.1. The number of carbonyl (C=O) groups is 2. The van der Waals surface area contributed by atoms with Crippen LogP contribution in [0.3, 0.4) is 0 Å². The van der Waals surface area contributed by atoms with Crippen molar-refractivity contribution in [2.75, 3.05) is 6.61 Å². The van der Waals surface area contributed by atoms with Crippen molar-refractivity contribution in [2.24, 2.45) is 0 Å². The van der Waals surface area contributed by atoms with Crippen LogP contribution < -0.4 is 10.1 Å². The van der Waals surface area contributed by atoms with Gasteiger partial charge in [0.15, 0.2) is 6.61 Å². The largest absolute Gasteiger partial charge is 0.484 e. The van der Waals surface area contributed by atoms with Gasteiger partial charge >= 0.3 is 0 Å². The zero-order valence-corrected chi connectivity index (χ0v) is 20.3. The van der Waals surface area contributed by atoms with Gasteiger partial charge in [-0.25, -0.2) is 0 Å². The normalized spacial score (nSPS) is 14.8. The molecule has 1 unspecified atom stereocenters. The van der Waals surface area contributed by atoms with Crippen LogP contribution in [0.1, 0.15) is 38.2 Å². The molecule has 0 heterocycles. The van der Waals surface area contributed by atoms with Crippen LogP contribution in [-0.2, 0) is 16.1 Å². The topological polar surface area (TPSA) is 58.6 Å². The lowest BCUT2D eigenvalue weighted by atomic mass is 10.1. The summed E-state index contributed by atoms with van der Waals surface area (Å²) in [4.78, 5) is 27.5. The maximum Gasteiger partial charge on any atom is 0.261 e. The minimum Gasteiger partial charge on any atom is -0.484 e. The van der Waals surface area contributed by atoms with Gasteiger partial charge in [-0.1, -0.05) is 58.0 Å². The summed E-state index contributed by atoms with van der Waals surface area (Å²) < 4.78 is 6.57. The fourth-order valence-corrected chi connectivity index (χ4v) is 4.37. The van der Waals surface area contributed by atoms with Gasteiger partial charge in [-0.05, 0) is 56.2 Å². The van der Waals surface area contributed by atoms with E-state index >= 15 is 0 Å². The minimum atomic E-state index is -0.700. The Morgan fingerprint density at radius 3 is 2.35 bits per heavy atom. The van der Waals surface area contributed by atoms with Crippen LogP contribution >= 0.6 is 39.1 Å². The summed E-state index contributed by atoms with van der Waals surface area (Å²) in [5.74, 6) is 0.0513. The summed E-state index contributed by atoms with van der Waals surface area (Å²) in [6.07, 6.45) is 4.15. The van der Waals surface area contributed by atoms with Gasteiger partial charge < -0.3 is 15.0 Å². The molecule has 2 aromatic rings. The predicted molar refractivity (Wildman–Crippen MR) is 127 cm³/mol. The number of halogens is 3.